The number of aliphatic hydroxyl groups excluding tert-OH is 1. The molecule has 0 aromatic heterocycles. The Balaban J connectivity index is 2.51. The third-order valence-electron chi connectivity index (χ3n) is 7.24. The zero-order valence-electron chi connectivity index (χ0n) is 12.8. The van der Waals surface area contributed by atoms with Crippen LogP contribution in [0.3, 0.4) is 0 Å². The number of aliphatic hydroxyl groups is 1. The normalized spacial score (nSPS) is 48.6. The summed E-state index contributed by atoms with van der Waals surface area (Å²) >= 11 is 0. The van der Waals surface area contributed by atoms with E-state index in [1.165, 1.54) is 25.7 Å². The average molecular weight is 250 g/mol. The standard InChI is InChI=1S/C17H30O/c1-13-7-6-9-17(5)15(13,3)10-8-14(2)16(17,4)11-12-18/h7,14,18H,6,8-12H2,1-5H3/t14-,15+,16+,17+/m1/s1. The van der Waals surface area contributed by atoms with Crippen molar-refractivity contribution in [3.63, 3.8) is 0 Å². The Labute approximate surface area is 113 Å². The molecular weight excluding hydrogens is 220 g/mol. The molecule has 0 unspecified atom stereocenters. The molecule has 0 spiro atoms. The van der Waals surface area contributed by atoms with Crippen molar-refractivity contribution < 1.29 is 5.11 Å². The van der Waals surface area contributed by atoms with Crippen molar-refractivity contribution >= 4 is 0 Å². The predicted octanol–water partition coefficient (Wildman–Crippen LogP) is 4.56. The molecule has 0 radical (unpaired) electrons. The highest BCUT2D eigenvalue weighted by Gasteiger charge is 2.60. The van der Waals surface area contributed by atoms with E-state index in [-0.39, 0.29) is 5.41 Å². The molecule has 1 nitrogen and oxygen atoms in total. The lowest BCUT2D eigenvalue weighted by molar-refractivity contribution is -0.133. The van der Waals surface area contributed by atoms with E-state index < -0.39 is 0 Å². The van der Waals surface area contributed by atoms with Crippen molar-refractivity contribution in [2.24, 2.45) is 22.2 Å². The first-order chi connectivity index (χ1) is 8.32. The summed E-state index contributed by atoms with van der Waals surface area (Å²) in [4.78, 5) is 0. The lowest BCUT2D eigenvalue weighted by Crippen LogP contribution is -2.57. The molecule has 4 atom stereocenters. The van der Waals surface area contributed by atoms with E-state index in [1.54, 1.807) is 5.57 Å². The van der Waals surface area contributed by atoms with Gasteiger partial charge in [-0.1, -0.05) is 39.3 Å². The Bertz CT molecular complexity index is 359. The lowest BCUT2D eigenvalue weighted by Gasteiger charge is -2.65. The molecule has 0 aromatic rings. The van der Waals surface area contributed by atoms with Gasteiger partial charge < -0.3 is 5.11 Å². The monoisotopic (exact) mass is 250 g/mol. The molecule has 2 aliphatic carbocycles. The first kappa shape index (κ1) is 14.1. The zero-order valence-corrected chi connectivity index (χ0v) is 12.8. The number of fused-ring (bicyclic) bond motifs is 1. The minimum atomic E-state index is 0.268. The van der Waals surface area contributed by atoms with E-state index >= 15 is 0 Å². The quantitative estimate of drug-likeness (QED) is 0.712. The van der Waals surface area contributed by atoms with Crippen molar-refractivity contribution in [1.29, 1.82) is 0 Å². The molecule has 1 saturated carbocycles. The highest BCUT2D eigenvalue weighted by Crippen LogP contribution is 2.68. The van der Waals surface area contributed by atoms with Crippen LogP contribution in [0.1, 0.15) is 66.7 Å². The highest BCUT2D eigenvalue weighted by atomic mass is 16.3. The fourth-order valence-electron chi connectivity index (χ4n) is 5.02. The molecule has 1 fully saturated rings. The van der Waals surface area contributed by atoms with Crippen LogP contribution in [0.25, 0.3) is 0 Å². The summed E-state index contributed by atoms with van der Waals surface area (Å²) in [5.41, 5.74) is 2.53. The fourth-order valence-corrected chi connectivity index (χ4v) is 5.02. The van der Waals surface area contributed by atoms with Crippen molar-refractivity contribution in [2.45, 2.75) is 66.7 Å². The largest absolute Gasteiger partial charge is 0.396 e. The summed E-state index contributed by atoms with van der Waals surface area (Å²) < 4.78 is 0. The predicted molar refractivity (Wildman–Crippen MR) is 77.4 cm³/mol. The summed E-state index contributed by atoms with van der Waals surface area (Å²) in [5, 5.41) is 9.54. The van der Waals surface area contributed by atoms with Crippen molar-refractivity contribution in [1.82, 2.24) is 0 Å². The van der Waals surface area contributed by atoms with Crippen molar-refractivity contribution in [3.8, 4) is 0 Å². The molecule has 0 saturated heterocycles. The van der Waals surface area contributed by atoms with Gasteiger partial charge in [0.25, 0.3) is 0 Å². The van der Waals surface area contributed by atoms with Crippen LogP contribution >= 0.6 is 0 Å². The van der Waals surface area contributed by atoms with Gasteiger partial charge in [0.05, 0.1) is 0 Å². The Morgan fingerprint density at radius 1 is 1.28 bits per heavy atom. The van der Waals surface area contributed by atoms with Crippen LogP contribution in [-0.2, 0) is 0 Å². The minimum absolute atomic E-state index is 0.268. The van der Waals surface area contributed by atoms with E-state index in [2.05, 4.69) is 40.7 Å². The van der Waals surface area contributed by atoms with Crippen molar-refractivity contribution in [2.75, 3.05) is 6.61 Å². The Kier molecular flexibility index (Phi) is 3.43. The SMILES string of the molecule is CC1=CCC[C@@]2(C)[C@@]1(C)CC[C@@H](C)[C@]2(C)CCO. The Morgan fingerprint density at radius 2 is 1.94 bits per heavy atom. The van der Waals surface area contributed by atoms with E-state index in [9.17, 15) is 5.11 Å². The number of rotatable bonds is 2. The van der Waals surface area contributed by atoms with Crippen LogP contribution < -0.4 is 0 Å². The minimum Gasteiger partial charge on any atom is -0.396 e. The first-order valence-electron chi connectivity index (χ1n) is 7.60. The molecule has 0 amide bonds. The van der Waals surface area contributed by atoms with E-state index in [0.717, 1.165) is 6.42 Å². The van der Waals surface area contributed by atoms with Gasteiger partial charge in [0.15, 0.2) is 0 Å². The zero-order chi connectivity index (χ0) is 13.6. The third kappa shape index (κ3) is 1.56. The molecule has 18 heavy (non-hydrogen) atoms. The average Bonchev–Trinajstić information content (AvgIpc) is 2.31. The molecule has 2 aliphatic rings. The lowest BCUT2D eigenvalue weighted by atomic mass is 9.39. The number of allylic oxidation sites excluding steroid dienone is 2. The van der Waals surface area contributed by atoms with Crippen molar-refractivity contribution in [3.05, 3.63) is 11.6 Å². The van der Waals surface area contributed by atoms with Gasteiger partial charge in [0.1, 0.15) is 0 Å². The number of hydrogen-bond acceptors (Lipinski definition) is 1. The summed E-state index contributed by atoms with van der Waals surface area (Å²) in [6, 6.07) is 0. The molecule has 0 bridgehead atoms. The van der Waals surface area contributed by atoms with Gasteiger partial charge in [-0.05, 0) is 61.2 Å². The summed E-state index contributed by atoms with van der Waals surface area (Å²) in [6.45, 7) is 12.5. The van der Waals surface area contributed by atoms with Crippen LogP contribution in [0.4, 0.5) is 0 Å². The summed E-state index contributed by atoms with van der Waals surface area (Å²) in [6.07, 6.45) is 8.51. The number of hydrogen-bond donors (Lipinski definition) is 1. The van der Waals surface area contributed by atoms with Gasteiger partial charge in [-0.25, -0.2) is 0 Å². The van der Waals surface area contributed by atoms with Crippen LogP contribution in [0.2, 0.25) is 0 Å². The van der Waals surface area contributed by atoms with Gasteiger partial charge in [-0.2, -0.15) is 0 Å². The highest BCUT2D eigenvalue weighted by molar-refractivity contribution is 5.25. The maximum atomic E-state index is 9.54. The summed E-state index contributed by atoms with van der Waals surface area (Å²) in [5.74, 6) is 0.716. The smallest absolute Gasteiger partial charge is 0.0436 e. The van der Waals surface area contributed by atoms with Gasteiger partial charge in [0.2, 0.25) is 0 Å². The molecule has 104 valence electrons. The van der Waals surface area contributed by atoms with E-state index in [1.807, 2.05) is 0 Å². The topological polar surface area (TPSA) is 20.2 Å². The van der Waals surface area contributed by atoms with E-state index in [0.29, 0.717) is 23.4 Å². The molecule has 1 heteroatoms. The second-order valence-electron chi connectivity index (χ2n) is 7.42. The van der Waals surface area contributed by atoms with Crippen LogP contribution in [0.15, 0.2) is 11.6 Å². The van der Waals surface area contributed by atoms with Crippen LogP contribution in [-0.4, -0.2) is 11.7 Å². The fraction of sp³-hybridized carbons (Fsp3) is 0.882. The first-order valence-corrected chi connectivity index (χ1v) is 7.60. The second kappa shape index (κ2) is 4.37. The summed E-state index contributed by atoms with van der Waals surface area (Å²) in [7, 11) is 0. The Morgan fingerprint density at radius 3 is 2.56 bits per heavy atom. The van der Waals surface area contributed by atoms with Crippen LogP contribution in [0, 0.1) is 22.2 Å². The maximum absolute atomic E-state index is 9.54. The van der Waals surface area contributed by atoms with Gasteiger partial charge >= 0.3 is 0 Å². The molecule has 2 rings (SSSR count). The van der Waals surface area contributed by atoms with Crippen LogP contribution in [0.5, 0.6) is 0 Å². The maximum Gasteiger partial charge on any atom is 0.0436 e. The van der Waals surface area contributed by atoms with Gasteiger partial charge in [0, 0.05) is 6.61 Å². The third-order valence-corrected chi connectivity index (χ3v) is 7.24. The molecular formula is C17H30O. The van der Waals surface area contributed by atoms with E-state index in [4.69, 9.17) is 0 Å². The second-order valence-corrected chi connectivity index (χ2v) is 7.42. The van der Waals surface area contributed by atoms with Gasteiger partial charge in [-0.15, -0.1) is 0 Å². The molecule has 0 aliphatic heterocycles. The molecule has 1 N–H and O–H groups in total. The Hall–Kier alpha value is -0.300. The van der Waals surface area contributed by atoms with Gasteiger partial charge in [-0.3, -0.25) is 0 Å². The molecule has 0 heterocycles. The molecule has 0 aromatic carbocycles.